The minimum absolute atomic E-state index is 0.0856. The smallest absolute Gasteiger partial charge is 0.221 e. The zero-order valence-corrected chi connectivity index (χ0v) is 8.96. The highest BCUT2D eigenvalue weighted by molar-refractivity contribution is 5.75. The van der Waals surface area contributed by atoms with Crippen LogP contribution in [-0.2, 0) is 4.79 Å². The van der Waals surface area contributed by atoms with Gasteiger partial charge in [0.1, 0.15) is 0 Å². The summed E-state index contributed by atoms with van der Waals surface area (Å²) in [6.07, 6.45) is 1.65. The van der Waals surface area contributed by atoms with E-state index in [2.05, 4.69) is 17.1 Å². The minimum Gasteiger partial charge on any atom is -0.356 e. The van der Waals surface area contributed by atoms with Crippen molar-refractivity contribution in [2.24, 2.45) is 11.7 Å². The SMILES string of the molecule is CCN1CCC(CNC(=O)CCN)C1. The van der Waals surface area contributed by atoms with E-state index in [1.165, 1.54) is 13.0 Å². The first-order valence-corrected chi connectivity index (χ1v) is 5.45. The Morgan fingerprint density at radius 3 is 3.00 bits per heavy atom. The van der Waals surface area contributed by atoms with E-state index in [0.29, 0.717) is 18.9 Å². The summed E-state index contributed by atoms with van der Waals surface area (Å²) in [6, 6.07) is 0. The van der Waals surface area contributed by atoms with Gasteiger partial charge >= 0.3 is 0 Å². The van der Waals surface area contributed by atoms with E-state index >= 15 is 0 Å². The molecule has 1 atom stereocenters. The van der Waals surface area contributed by atoms with E-state index in [0.717, 1.165) is 19.6 Å². The van der Waals surface area contributed by atoms with Crippen LogP contribution in [0.5, 0.6) is 0 Å². The molecule has 0 aromatic heterocycles. The van der Waals surface area contributed by atoms with Gasteiger partial charge in [-0.1, -0.05) is 6.92 Å². The summed E-state index contributed by atoms with van der Waals surface area (Å²) in [5.41, 5.74) is 5.29. The fourth-order valence-electron chi connectivity index (χ4n) is 1.84. The molecule has 0 aromatic carbocycles. The Morgan fingerprint density at radius 1 is 1.64 bits per heavy atom. The molecule has 1 unspecified atom stereocenters. The van der Waals surface area contributed by atoms with Crippen LogP contribution in [0.4, 0.5) is 0 Å². The van der Waals surface area contributed by atoms with Crippen LogP contribution in [0.15, 0.2) is 0 Å². The molecule has 1 fully saturated rings. The molecule has 0 bridgehead atoms. The van der Waals surface area contributed by atoms with Crippen molar-refractivity contribution < 1.29 is 4.79 Å². The van der Waals surface area contributed by atoms with Gasteiger partial charge in [0.15, 0.2) is 0 Å². The number of hydrogen-bond donors (Lipinski definition) is 2. The lowest BCUT2D eigenvalue weighted by atomic mass is 10.1. The van der Waals surface area contributed by atoms with E-state index < -0.39 is 0 Å². The Balaban J connectivity index is 2.11. The van der Waals surface area contributed by atoms with Gasteiger partial charge in [-0.3, -0.25) is 4.79 Å². The van der Waals surface area contributed by atoms with E-state index in [1.54, 1.807) is 0 Å². The summed E-state index contributed by atoms with van der Waals surface area (Å²) >= 11 is 0. The number of likely N-dealkylation sites (tertiary alicyclic amines) is 1. The maximum Gasteiger partial charge on any atom is 0.221 e. The first-order chi connectivity index (χ1) is 6.76. The maximum atomic E-state index is 11.1. The van der Waals surface area contributed by atoms with Crippen molar-refractivity contribution in [3.63, 3.8) is 0 Å². The second-order valence-electron chi connectivity index (χ2n) is 3.89. The third kappa shape index (κ3) is 3.64. The summed E-state index contributed by atoms with van der Waals surface area (Å²) in [4.78, 5) is 13.6. The average Bonchev–Trinajstić information content (AvgIpc) is 2.63. The van der Waals surface area contributed by atoms with Gasteiger partial charge in [-0.15, -0.1) is 0 Å². The first-order valence-electron chi connectivity index (χ1n) is 5.45. The molecule has 1 saturated heterocycles. The first kappa shape index (κ1) is 11.5. The maximum absolute atomic E-state index is 11.1. The van der Waals surface area contributed by atoms with Gasteiger partial charge in [0.05, 0.1) is 0 Å². The Hall–Kier alpha value is -0.610. The topological polar surface area (TPSA) is 58.4 Å². The fraction of sp³-hybridized carbons (Fsp3) is 0.900. The van der Waals surface area contributed by atoms with Gasteiger partial charge in [-0.25, -0.2) is 0 Å². The molecule has 1 amide bonds. The number of nitrogens with zero attached hydrogens (tertiary/aromatic N) is 1. The van der Waals surface area contributed by atoms with E-state index in [4.69, 9.17) is 5.73 Å². The number of carbonyl (C=O) groups is 1. The Labute approximate surface area is 85.8 Å². The van der Waals surface area contributed by atoms with Crippen LogP contribution in [0.2, 0.25) is 0 Å². The quantitative estimate of drug-likeness (QED) is 0.644. The van der Waals surface area contributed by atoms with Gasteiger partial charge in [0, 0.05) is 26.1 Å². The van der Waals surface area contributed by atoms with Crippen molar-refractivity contribution in [2.45, 2.75) is 19.8 Å². The van der Waals surface area contributed by atoms with Crippen molar-refractivity contribution in [1.82, 2.24) is 10.2 Å². The molecule has 4 heteroatoms. The Kier molecular flexibility index (Phi) is 4.90. The predicted octanol–water partition coefficient (Wildman–Crippen LogP) is -0.207. The molecule has 1 rings (SSSR count). The molecule has 4 nitrogen and oxygen atoms in total. The van der Waals surface area contributed by atoms with Crippen LogP contribution in [-0.4, -0.2) is 43.5 Å². The monoisotopic (exact) mass is 199 g/mol. The molecule has 0 spiro atoms. The molecule has 0 saturated carbocycles. The van der Waals surface area contributed by atoms with E-state index in [-0.39, 0.29) is 5.91 Å². The second kappa shape index (κ2) is 5.98. The second-order valence-corrected chi connectivity index (χ2v) is 3.89. The van der Waals surface area contributed by atoms with Crippen LogP contribution < -0.4 is 11.1 Å². The summed E-state index contributed by atoms with van der Waals surface area (Å²) in [5.74, 6) is 0.721. The van der Waals surface area contributed by atoms with Crippen molar-refractivity contribution in [2.75, 3.05) is 32.7 Å². The molecular formula is C10H21N3O. The molecule has 1 aliphatic heterocycles. The lowest BCUT2D eigenvalue weighted by Crippen LogP contribution is -2.32. The standard InChI is InChI=1S/C10H21N3O/c1-2-13-6-4-9(8-13)7-12-10(14)3-5-11/h9H,2-8,11H2,1H3,(H,12,14). The highest BCUT2D eigenvalue weighted by atomic mass is 16.1. The zero-order chi connectivity index (χ0) is 10.4. The lowest BCUT2D eigenvalue weighted by molar-refractivity contribution is -0.121. The summed E-state index contributed by atoms with van der Waals surface area (Å²) in [6.45, 7) is 6.85. The third-order valence-corrected chi connectivity index (χ3v) is 2.78. The van der Waals surface area contributed by atoms with Crippen LogP contribution in [0.25, 0.3) is 0 Å². The third-order valence-electron chi connectivity index (χ3n) is 2.78. The van der Waals surface area contributed by atoms with E-state index in [9.17, 15) is 4.79 Å². The highest BCUT2D eigenvalue weighted by Crippen LogP contribution is 2.14. The van der Waals surface area contributed by atoms with Crippen molar-refractivity contribution in [3.8, 4) is 0 Å². The van der Waals surface area contributed by atoms with Crippen molar-refractivity contribution in [3.05, 3.63) is 0 Å². The number of nitrogens with one attached hydrogen (secondary N) is 1. The molecule has 1 aliphatic rings. The highest BCUT2D eigenvalue weighted by Gasteiger charge is 2.20. The molecule has 0 aromatic rings. The largest absolute Gasteiger partial charge is 0.356 e. The summed E-state index contributed by atoms with van der Waals surface area (Å²) in [7, 11) is 0. The van der Waals surface area contributed by atoms with Gasteiger partial charge in [0.25, 0.3) is 0 Å². The number of amides is 1. The van der Waals surface area contributed by atoms with Gasteiger partial charge in [0.2, 0.25) is 5.91 Å². The molecule has 82 valence electrons. The minimum atomic E-state index is 0.0856. The molecule has 3 N–H and O–H groups in total. The van der Waals surface area contributed by atoms with Gasteiger partial charge in [-0.2, -0.15) is 0 Å². The molecule has 0 radical (unpaired) electrons. The van der Waals surface area contributed by atoms with Crippen molar-refractivity contribution >= 4 is 5.91 Å². The summed E-state index contributed by atoms with van der Waals surface area (Å²) in [5, 5.41) is 2.92. The zero-order valence-electron chi connectivity index (χ0n) is 8.96. The predicted molar refractivity (Wildman–Crippen MR) is 56.9 cm³/mol. The van der Waals surface area contributed by atoms with Gasteiger partial charge in [-0.05, 0) is 25.4 Å². The van der Waals surface area contributed by atoms with Crippen LogP contribution in [0.3, 0.4) is 0 Å². The number of nitrogens with two attached hydrogens (primary N) is 1. The van der Waals surface area contributed by atoms with Crippen LogP contribution >= 0.6 is 0 Å². The number of hydrogen-bond acceptors (Lipinski definition) is 3. The molecular weight excluding hydrogens is 178 g/mol. The molecule has 1 heterocycles. The summed E-state index contributed by atoms with van der Waals surface area (Å²) < 4.78 is 0. The fourth-order valence-corrected chi connectivity index (χ4v) is 1.84. The van der Waals surface area contributed by atoms with Crippen molar-refractivity contribution in [1.29, 1.82) is 0 Å². The normalized spacial score (nSPS) is 22.6. The molecule has 14 heavy (non-hydrogen) atoms. The molecule has 0 aliphatic carbocycles. The number of rotatable bonds is 5. The lowest BCUT2D eigenvalue weighted by Gasteiger charge is -2.13. The van der Waals surface area contributed by atoms with Gasteiger partial charge < -0.3 is 16.0 Å². The number of carbonyl (C=O) groups excluding carboxylic acids is 1. The van der Waals surface area contributed by atoms with E-state index in [1.807, 2.05) is 0 Å². The van der Waals surface area contributed by atoms with Crippen LogP contribution in [0.1, 0.15) is 19.8 Å². The van der Waals surface area contributed by atoms with Crippen LogP contribution in [0, 0.1) is 5.92 Å². The Morgan fingerprint density at radius 2 is 2.43 bits per heavy atom. The average molecular weight is 199 g/mol. The Bertz CT molecular complexity index is 184.